The first-order valence-electron chi connectivity index (χ1n) is 11.3. The summed E-state index contributed by atoms with van der Waals surface area (Å²) in [5.41, 5.74) is 11.9. The Labute approximate surface area is 175 Å². The fourth-order valence-electron chi connectivity index (χ4n) is 4.99. The lowest BCUT2D eigenvalue weighted by Crippen LogP contribution is -2.47. The van der Waals surface area contributed by atoms with Crippen molar-refractivity contribution in [3.05, 3.63) is 65.0 Å². The van der Waals surface area contributed by atoms with Crippen LogP contribution in [0.3, 0.4) is 0 Å². The van der Waals surface area contributed by atoms with Crippen LogP contribution >= 0.6 is 0 Å². The highest BCUT2D eigenvalue weighted by molar-refractivity contribution is 5.30. The van der Waals surface area contributed by atoms with Gasteiger partial charge in [0.05, 0.1) is 11.7 Å². The summed E-state index contributed by atoms with van der Waals surface area (Å²) in [5, 5.41) is 3.79. The zero-order valence-electron chi connectivity index (χ0n) is 18.0. The Morgan fingerprint density at radius 3 is 2.76 bits per heavy atom. The molecule has 0 fully saturated rings. The van der Waals surface area contributed by atoms with Gasteiger partial charge in [0, 0.05) is 30.9 Å². The fraction of sp³-hybridized carbons (Fsp3) is 0.560. The van der Waals surface area contributed by atoms with Gasteiger partial charge < -0.3 is 11.1 Å². The molecule has 1 aromatic heterocycles. The van der Waals surface area contributed by atoms with Crippen molar-refractivity contribution >= 4 is 0 Å². The summed E-state index contributed by atoms with van der Waals surface area (Å²) < 4.78 is 0. The summed E-state index contributed by atoms with van der Waals surface area (Å²) in [5.74, 6) is 0. The summed E-state index contributed by atoms with van der Waals surface area (Å²) >= 11 is 0. The van der Waals surface area contributed by atoms with Crippen molar-refractivity contribution in [3.8, 4) is 0 Å². The molecule has 2 heterocycles. The molecule has 0 bridgehead atoms. The van der Waals surface area contributed by atoms with Crippen LogP contribution in [0, 0.1) is 0 Å². The van der Waals surface area contributed by atoms with E-state index in [-0.39, 0.29) is 5.54 Å². The second-order valence-electron chi connectivity index (χ2n) is 9.59. The molecule has 156 valence electrons. The molecule has 1 aromatic carbocycles. The van der Waals surface area contributed by atoms with Crippen molar-refractivity contribution < 1.29 is 0 Å². The lowest BCUT2D eigenvalue weighted by atomic mass is 9.89. The van der Waals surface area contributed by atoms with Crippen LogP contribution in [0.4, 0.5) is 0 Å². The minimum atomic E-state index is -0.101. The summed E-state index contributed by atoms with van der Waals surface area (Å²) in [6.45, 7) is 7.40. The predicted octanol–water partition coefficient (Wildman–Crippen LogP) is 3.99. The first-order valence-corrected chi connectivity index (χ1v) is 11.3. The number of hydrogen-bond acceptors (Lipinski definition) is 4. The number of hydrogen-bond donors (Lipinski definition) is 2. The molecule has 0 saturated heterocycles. The Balaban J connectivity index is 1.50. The van der Waals surface area contributed by atoms with Gasteiger partial charge in [0.1, 0.15) is 0 Å². The largest absolute Gasteiger partial charge is 0.326 e. The fourth-order valence-corrected chi connectivity index (χ4v) is 4.99. The number of benzene rings is 1. The Bertz CT molecular complexity index is 810. The molecule has 1 aliphatic carbocycles. The number of nitrogens with zero attached hydrogens (tertiary/aromatic N) is 2. The standard InChI is InChI=1S/C25H36N4/c1-25(2,26)13-7-15-29(23-12-5-10-19-11-6-14-27-24(19)23)18-22-16-20-8-3-4-9-21(20)17-28-22/h3-4,6,8-9,11,14,22-23,28H,5,7,10,12-13,15-18,26H2,1-2H3/t22-,23+/m1/s1. The maximum Gasteiger partial charge on any atom is 0.0607 e. The monoisotopic (exact) mass is 392 g/mol. The second-order valence-corrected chi connectivity index (χ2v) is 9.59. The van der Waals surface area contributed by atoms with Crippen LogP contribution in [-0.2, 0) is 19.4 Å². The molecule has 2 aliphatic rings. The van der Waals surface area contributed by atoms with Crippen LogP contribution in [0.5, 0.6) is 0 Å². The third-order valence-corrected chi connectivity index (χ3v) is 6.49. The van der Waals surface area contributed by atoms with Crippen LogP contribution in [0.1, 0.15) is 68.0 Å². The summed E-state index contributed by atoms with van der Waals surface area (Å²) in [6.07, 6.45) is 8.88. The van der Waals surface area contributed by atoms with E-state index < -0.39 is 0 Å². The van der Waals surface area contributed by atoms with E-state index in [2.05, 4.69) is 60.5 Å². The van der Waals surface area contributed by atoms with E-state index in [4.69, 9.17) is 10.7 Å². The SMILES string of the molecule is CC(C)(N)CCCN(C[C@H]1Cc2ccccc2CN1)[C@H]1CCCc2cccnc21. The van der Waals surface area contributed by atoms with Gasteiger partial charge >= 0.3 is 0 Å². The van der Waals surface area contributed by atoms with Crippen LogP contribution in [0.25, 0.3) is 0 Å². The Kier molecular flexibility index (Phi) is 6.33. The number of aryl methyl sites for hydroxylation is 1. The molecule has 0 radical (unpaired) electrons. The highest BCUT2D eigenvalue weighted by atomic mass is 15.2. The molecule has 2 atom stereocenters. The first kappa shape index (κ1) is 20.5. The predicted molar refractivity (Wildman–Crippen MR) is 120 cm³/mol. The number of nitrogens with two attached hydrogens (primary N) is 1. The molecule has 0 saturated carbocycles. The average Bonchev–Trinajstić information content (AvgIpc) is 2.72. The molecule has 4 rings (SSSR count). The van der Waals surface area contributed by atoms with E-state index >= 15 is 0 Å². The second kappa shape index (κ2) is 8.95. The van der Waals surface area contributed by atoms with Gasteiger partial charge in [-0.1, -0.05) is 30.3 Å². The van der Waals surface area contributed by atoms with Crippen molar-refractivity contribution in [3.63, 3.8) is 0 Å². The van der Waals surface area contributed by atoms with Gasteiger partial charge in [-0.2, -0.15) is 0 Å². The Hall–Kier alpha value is -1.75. The zero-order valence-corrected chi connectivity index (χ0v) is 18.0. The minimum Gasteiger partial charge on any atom is -0.326 e. The van der Waals surface area contributed by atoms with E-state index in [1.54, 1.807) is 0 Å². The number of rotatable bonds is 7. The van der Waals surface area contributed by atoms with Gasteiger partial charge in [-0.25, -0.2) is 0 Å². The third kappa shape index (κ3) is 5.25. The molecule has 1 aliphatic heterocycles. The zero-order chi connectivity index (χ0) is 20.3. The van der Waals surface area contributed by atoms with Gasteiger partial charge in [0.15, 0.2) is 0 Å². The van der Waals surface area contributed by atoms with Crippen molar-refractivity contribution in [1.82, 2.24) is 15.2 Å². The molecular weight excluding hydrogens is 356 g/mol. The van der Waals surface area contributed by atoms with Crippen molar-refractivity contribution in [2.24, 2.45) is 5.73 Å². The molecule has 4 nitrogen and oxygen atoms in total. The van der Waals surface area contributed by atoms with Crippen molar-refractivity contribution in [2.75, 3.05) is 13.1 Å². The van der Waals surface area contributed by atoms with Crippen LogP contribution in [0.2, 0.25) is 0 Å². The van der Waals surface area contributed by atoms with Gasteiger partial charge in [-0.05, 0) is 81.7 Å². The van der Waals surface area contributed by atoms with E-state index in [9.17, 15) is 0 Å². The lowest BCUT2D eigenvalue weighted by molar-refractivity contribution is 0.148. The quantitative estimate of drug-likeness (QED) is 0.748. The maximum absolute atomic E-state index is 6.27. The minimum absolute atomic E-state index is 0.101. The molecule has 2 aromatic rings. The van der Waals surface area contributed by atoms with Crippen molar-refractivity contribution in [2.45, 2.75) is 76.5 Å². The first-order chi connectivity index (χ1) is 14.0. The van der Waals surface area contributed by atoms with Crippen LogP contribution in [0.15, 0.2) is 42.6 Å². The van der Waals surface area contributed by atoms with Crippen LogP contribution in [-0.4, -0.2) is 34.6 Å². The molecule has 29 heavy (non-hydrogen) atoms. The van der Waals surface area contributed by atoms with E-state index in [1.165, 1.54) is 41.6 Å². The molecular formula is C25H36N4. The third-order valence-electron chi connectivity index (χ3n) is 6.49. The van der Waals surface area contributed by atoms with Crippen LogP contribution < -0.4 is 11.1 Å². The molecule has 0 spiro atoms. The van der Waals surface area contributed by atoms with Gasteiger partial charge in [0.2, 0.25) is 0 Å². The van der Waals surface area contributed by atoms with Gasteiger partial charge in [0.25, 0.3) is 0 Å². The number of pyridine rings is 1. The summed E-state index contributed by atoms with van der Waals surface area (Å²) in [6, 6.07) is 14.1. The molecule has 4 heteroatoms. The number of fused-ring (bicyclic) bond motifs is 2. The van der Waals surface area contributed by atoms with Crippen molar-refractivity contribution in [1.29, 1.82) is 0 Å². The number of nitrogens with one attached hydrogen (secondary N) is 1. The normalized spacial score (nSPS) is 21.7. The molecule has 3 N–H and O–H groups in total. The van der Waals surface area contributed by atoms with Gasteiger partial charge in [-0.3, -0.25) is 9.88 Å². The molecule has 0 amide bonds. The summed E-state index contributed by atoms with van der Waals surface area (Å²) in [4.78, 5) is 7.52. The topological polar surface area (TPSA) is 54.2 Å². The Morgan fingerprint density at radius 2 is 1.93 bits per heavy atom. The number of aromatic nitrogens is 1. The van der Waals surface area contributed by atoms with E-state index in [1.807, 2.05) is 6.20 Å². The molecule has 0 unspecified atom stereocenters. The van der Waals surface area contributed by atoms with E-state index in [0.29, 0.717) is 12.1 Å². The highest BCUT2D eigenvalue weighted by Crippen LogP contribution is 2.33. The van der Waals surface area contributed by atoms with E-state index in [0.717, 1.165) is 38.9 Å². The smallest absolute Gasteiger partial charge is 0.0607 e. The Morgan fingerprint density at radius 1 is 1.14 bits per heavy atom. The maximum atomic E-state index is 6.27. The van der Waals surface area contributed by atoms with Gasteiger partial charge in [-0.15, -0.1) is 0 Å². The lowest BCUT2D eigenvalue weighted by Gasteiger charge is -2.39. The highest BCUT2D eigenvalue weighted by Gasteiger charge is 2.30. The average molecular weight is 393 g/mol. The summed E-state index contributed by atoms with van der Waals surface area (Å²) in [7, 11) is 0.